The number of rotatable bonds is 10. The number of aromatic nitrogens is 2. The molecule has 2 rings (SSSR count). The predicted molar refractivity (Wildman–Crippen MR) is 113 cm³/mol. The highest BCUT2D eigenvalue weighted by Gasteiger charge is 2.13. The second-order valence-corrected chi connectivity index (χ2v) is 6.95. The summed E-state index contributed by atoms with van der Waals surface area (Å²) in [6.45, 7) is 8.37. The molecular weight excluding hydrogens is 354 g/mol. The van der Waals surface area contributed by atoms with Crippen LogP contribution in [0.15, 0.2) is 38.6 Å². The van der Waals surface area contributed by atoms with Gasteiger partial charge in [-0.15, -0.1) is 0 Å². The first-order valence-electron chi connectivity index (χ1n) is 10.2. The maximum absolute atomic E-state index is 11.9. The summed E-state index contributed by atoms with van der Waals surface area (Å²) in [4.78, 5) is 16.1. The number of nitrogens with one attached hydrogen (secondary N) is 2. The van der Waals surface area contributed by atoms with Crippen molar-refractivity contribution in [2.45, 2.75) is 65.5 Å². The van der Waals surface area contributed by atoms with Gasteiger partial charge in [0.05, 0.1) is 12.2 Å². The van der Waals surface area contributed by atoms with Gasteiger partial charge in [0.15, 0.2) is 11.7 Å². The topological polar surface area (TPSA) is 84.5 Å². The van der Waals surface area contributed by atoms with Crippen molar-refractivity contribution in [3.05, 3.63) is 51.8 Å². The van der Waals surface area contributed by atoms with Crippen LogP contribution in [-0.4, -0.2) is 29.3 Å². The minimum Gasteiger partial charge on any atom is -0.359 e. The van der Waals surface area contributed by atoms with E-state index in [1.807, 2.05) is 23.6 Å². The van der Waals surface area contributed by atoms with Gasteiger partial charge in [0.2, 0.25) is 0 Å². The van der Waals surface area contributed by atoms with Gasteiger partial charge in [-0.25, -0.2) is 0 Å². The average Bonchev–Trinajstić information content (AvgIpc) is 3.15. The molecule has 0 spiro atoms. The largest absolute Gasteiger partial charge is 0.359 e. The average molecular weight is 388 g/mol. The lowest BCUT2D eigenvalue weighted by Gasteiger charge is -2.12. The summed E-state index contributed by atoms with van der Waals surface area (Å²) in [7, 11) is 1.75. The highest BCUT2D eigenvalue weighted by atomic mass is 16.5. The van der Waals surface area contributed by atoms with Crippen LogP contribution >= 0.6 is 0 Å². The Balaban J connectivity index is 1.71. The maximum Gasteiger partial charge on any atom is 0.250 e. The smallest absolute Gasteiger partial charge is 0.250 e. The number of aryl methyl sites for hydroxylation is 1. The van der Waals surface area contributed by atoms with E-state index in [-0.39, 0.29) is 5.56 Å². The Bertz CT molecular complexity index is 805. The van der Waals surface area contributed by atoms with E-state index in [9.17, 15) is 4.79 Å². The maximum atomic E-state index is 11.9. The van der Waals surface area contributed by atoms with Crippen molar-refractivity contribution in [1.29, 1.82) is 0 Å². The van der Waals surface area contributed by atoms with Crippen LogP contribution in [0.4, 0.5) is 0 Å². The SMILES string of the molecule is CCC(CC)c1cc(CNC(=NC)NCCCCn2c(C)cccc2=O)on1. The molecule has 154 valence electrons. The fraction of sp³-hybridized carbons (Fsp3) is 0.571. The lowest BCUT2D eigenvalue weighted by molar-refractivity contribution is 0.368. The van der Waals surface area contributed by atoms with Gasteiger partial charge in [-0.05, 0) is 38.7 Å². The Labute approximate surface area is 167 Å². The van der Waals surface area contributed by atoms with E-state index in [4.69, 9.17) is 4.52 Å². The molecule has 0 saturated carbocycles. The van der Waals surface area contributed by atoms with Crippen LogP contribution in [0.2, 0.25) is 0 Å². The molecule has 28 heavy (non-hydrogen) atoms. The molecule has 0 fully saturated rings. The molecule has 0 atom stereocenters. The van der Waals surface area contributed by atoms with Gasteiger partial charge in [0.1, 0.15) is 0 Å². The molecule has 0 saturated heterocycles. The van der Waals surface area contributed by atoms with Crippen LogP contribution in [0.25, 0.3) is 0 Å². The summed E-state index contributed by atoms with van der Waals surface area (Å²) in [6, 6.07) is 7.39. The molecule has 0 amide bonds. The fourth-order valence-electron chi connectivity index (χ4n) is 3.21. The summed E-state index contributed by atoms with van der Waals surface area (Å²) < 4.78 is 7.24. The summed E-state index contributed by atoms with van der Waals surface area (Å²) in [6.07, 6.45) is 4.00. The molecule has 2 heterocycles. The van der Waals surface area contributed by atoms with Crippen LogP contribution in [0, 0.1) is 6.92 Å². The third-order valence-electron chi connectivity index (χ3n) is 5.00. The number of nitrogens with zero attached hydrogens (tertiary/aromatic N) is 3. The molecule has 0 unspecified atom stereocenters. The first-order valence-corrected chi connectivity index (χ1v) is 10.2. The Morgan fingerprint density at radius 2 is 2.04 bits per heavy atom. The van der Waals surface area contributed by atoms with Crippen LogP contribution in [0.5, 0.6) is 0 Å². The van der Waals surface area contributed by atoms with E-state index < -0.39 is 0 Å². The number of hydrogen-bond donors (Lipinski definition) is 2. The van der Waals surface area contributed by atoms with E-state index in [1.54, 1.807) is 19.2 Å². The molecular formula is C21H33N5O2. The number of pyridine rings is 1. The predicted octanol–water partition coefficient (Wildman–Crippen LogP) is 3.19. The number of aliphatic imine (C=N–C) groups is 1. The highest BCUT2D eigenvalue weighted by molar-refractivity contribution is 5.79. The molecule has 2 aromatic rings. The fourth-order valence-corrected chi connectivity index (χ4v) is 3.21. The minimum absolute atomic E-state index is 0.0604. The number of hydrogen-bond acceptors (Lipinski definition) is 4. The second kappa shape index (κ2) is 11.3. The van der Waals surface area contributed by atoms with Gasteiger partial charge in [-0.2, -0.15) is 0 Å². The molecule has 2 N–H and O–H groups in total. The van der Waals surface area contributed by atoms with Gasteiger partial charge in [-0.3, -0.25) is 9.79 Å². The zero-order valence-electron chi connectivity index (χ0n) is 17.5. The molecule has 7 heteroatoms. The Morgan fingerprint density at radius 3 is 2.71 bits per heavy atom. The molecule has 0 radical (unpaired) electrons. The third-order valence-corrected chi connectivity index (χ3v) is 5.00. The molecule has 0 aliphatic heterocycles. The third kappa shape index (κ3) is 6.25. The standard InChI is InChI=1S/C21H33N5O2/c1-5-17(6-2)19-14-18(28-25-19)15-24-21(22-4)23-12-7-8-13-26-16(3)10-9-11-20(26)27/h9-11,14,17H,5-8,12-13,15H2,1-4H3,(H2,22,23,24). The number of guanidine groups is 1. The highest BCUT2D eigenvalue weighted by Crippen LogP contribution is 2.22. The zero-order valence-corrected chi connectivity index (χ0v) is 17.5. The van der Waals surface area contributed by atoms with Crippen molar-refractivity contribution in [1.82, 2.24) is 20.4 Å². The van der Waals surface area contributed by atoms with Crippen molar-refractivity contribution in [2.24, 2.45) is 4.99 Å². The van der Waals surface area contributed by atoms with Crippen LogP contribution in [-0.2, 0) is 13.1 Å². The lowest BCUT2D eigenvalue weighted by Crippen LogP contribution is -2.37. The quantitative estimate of drug-likeness (QED) is 0.372. The van der Waals surface area contributed by atoms with Gasteiger partial charge >= 0.3 is 0 Å². The van der Waals surface area contributed by atoms with E-state index in [0.717, 1.165) is 61.9 Å². The van der Waals surface area contributed by atoms with E-state index >= 15 is 0 Å². The van der Waals surface area contributed by atoms with Crippen molar-refractivity contribution in [2.75, 3.05) is 13.6 Å². The van der Waals surface area contributed by atoms with Crippen LogP contribution in [0.1, 0.15) is 62.6 Å². The molecule has 0 bridgehead atoms. The Kier molecular flexibility index (Phi) is 8.78. The first-order chi connectivity index (χ1) is 13.6. The summed E-state index contributed by atoms with van der Waals surface area (Å²) in [5.41, 5.74) is 2.08. The Hall–Kier alpha value is -2.57. The molecule has 0 aliphatic rings. The minimum atomic E-state index is 0.0604. The van der Waals surface area contributed by atoms with Crippen LogP contribution < -0.4 is 16.2 Å². The second-order valence-electron chi connectivity index (χ2n) is 6.95. The first kappa shape index (κ1) is 21.7. The van der Waals surface area contributed by atoms with E-state index in [0.29, 0.717) is 12.5 Å². The van der Waals surface area contributed by atoms with E-state index in [1.165, 1.54) is 0 Å². The molecule has 7 nitrogen and oxygen atoms in total. The molecule has 2 aromatic heterocycles. The van der Waals surface area contributed by atoms with Crippen molar-refractivity contribution in [3.8, 4) is 0 Å². The van der Waals surface area contributed by atoms with Crippen molar-refractivity contribution >= 4 is 5.96 Å². The number of unbranched alkanes of at least 4 members (excludes halogenated alkanes) is 1. The Morgan fingerprint density at radius 1 is 1.25 bits per heavy atom. The summed E-state index contributed by atoms with van der Waals surface area (Å²) in [5.74, 6) is 1.99. The normalized spacial score (nSPS) is 11.8. The lowest BCUT2D eigenvalue weighted by atomic mass is 9.99. The van der Waals surface area contributed by atoms with Gasteiger partial charge in [0.25, 0.3) is 5.56 Å². The van der Waals surface area contributed by atoms with Crippen molar-refractivity contribution in [3.63, 3.8) is 0 Å². The summed E-state index contributed by atoms with van der Waals surface area (Å²) in [5, 5.41) is 10.7. The van der Waals surface area contributed by atoms with Gasteiger partial charge < -0.3 is 19.7 Å². The van der Waals surface area contributed by atoms with Gasteiger partial charge in [-0.1, -0.05) is 25.1 Å². The molecule has 0 aliphatic carbocycles. The monoisotopic (exact) mass is 387 g/mol. The van der Waals surface area contributed by atoms with Gasteiger partial charge in [0, 0.05) is 43.9 Å². The van der Waals surface area contributed by atoms with Crippen molar-refractivity contribution < 1.29 is 4.52 Å². The summed E-state index contributed by atoms with van der Waals surface area (Å²) >= 11 is 0. The van der Waals surface area contributed by atoms with Crippen LogP contribution in [0.3, 0.4) is 0 Å². The van der Waals surface area contributed by atoms with E-state index in [2.05, 4.69) is 34.6 Å². The molecule has 0 aromatic carbocycles. The zero-order chi connectivity index (χ0) is 20.4.